The molecular weight excluding hydrogens is 266 g/mol. The van der Waals surface area contributed by atoms with Crippen molar-refractivity contribution in [2.45, 2.75) is 26.3 Å². The Labute approximate surface area is 125 Å². The van der Waals surface area contributed by atoms with E-state index in [1.165, 1.54) is 0 Å². The Balaban J connectivity index is 1.95. The summed E-state index contributed by atoms with van der Waals surface area (Å²) in [5, 5.41) is 2.87. The summed E-state index contributed by atoms with van der Waals surface area (Å²) in [7, 11) is 1.59. The molecule has 1 amide bonds. The van der Waals surface area contributed by atoms with Gasteiger partial charge >= 0.3 is 0 Å². The van der Waals surface area contributed by atoms with Crippen molar-refractivity contribution in [1.29, 1.82) is 0 Å². The molecule has 0 atom stereocenters. The Bertz CT molecular complexity index is 575. The zero-order valence-electron chi connectivity index (χ0n) is 12.5. The van der Waals surface area contributed by atoms with Crippen LogP contribution in [0.3, 0.4) is 0 Å². The number of rotatable bonds is 7. The van der Waals surface area contributed by atoms with E-state index in [1.54, 1.807) is 7.11 Å². The summed E-state index contributed by atoms with van der Waals surface area (Å²) in [5.41, 5.74) is 2.15. The third-order valence-electron chi connectivity index (χ3n) is 3.27. The van der Waals surface area contributed by atoms with Crippen molar-refractivity contribution in [3.63, 3.8) is 0 Å². The molecule has 0 aliphatic rings. The summed E-state index contributed by atoms with van der Waals surface area (Å²) < 4.78 is 6.94. The van der Waals surface area contributed by atoms with Crippen LogP contribution in [0.15, 0.2) is 36.7 Å². The largest absolute Gasteiger partial charge is 0.384 e. The number of hydrogen-bond acceptors (Lipinski definition) is 3. The maximum Gasteiger partial charge on any atom is 0.222 e. The second kappa shape index (κ2) is 7.59. The minimum absolute atomic E-state index is 0.00352. The van der Waals surface area contributed by atoms with Gasteiger partial charge in [-0.15, -0.1) is 0 Å². The Morgan fingerprint density at radius 1 is 1.33 bits per heavy atom. The van der Waals surface area contributed by atoms with Crippen LogP contribution in [-0.4, -0.2) is 29.2 Å². The summed E-state index contributed by atoms with van der Waals surface area (Å²) in [5.74, 6) is 1.04. The highest BCUT2D eigenvalue weighted by atomic mass is 16.5. The van der Waals surface area contributed by atoms with E-state index in [-0.39, 0.29) is 5.91 Å². The van der Waals surface area contributed by atoms with Crippen molar-refractivity contribution in [2.24, 2.45) is 0 Å². The van der Waals surface area contributed by atoms with E-state index in [1.807, 2.05) is 36.7 Å². The number of aryl methyl sites for hydroxylation is 1. The lowest BCUT2D eigenvalue weighted by molar-refractivity contribution is -0.122. The number of aromatic nitrogens is 2. The highest BCUT2D eigenvalue weighted by Gasteiger charge is 2.04. The molecule has 1 aromatic carbocycles. The molecule has 0 aliphatic carbocycles. The number of carbonyl (C=O) groups is 1. The molecule has 1 N–H and O–H groups in total. The molecule has 2 aromatic rings. The lowest BCUT2D eigenvalue weighted by atomic mass is 10.2. The highest BCUT2D eigenvalue weighted by molar-refractivity contribution is 5.75. The first kappa shape index (κ1) is 15.3. The molecule has 0 radical (unpaired) electrons. The average molecular weight is 287 g/mol. The minimum atomic E-state index is 0.00352. The number of methoxy groups -OCH3 is 1. The number of imidazole rings is 1. The van der Waals surface area contributed by atoms with E-state index < -0.39 is 0 Å². The van der Waals surface area contributed by atoms with Gasteiger partial charge in [0.25, 0.3) is 0 Å². The Kier molecular flexibility index (Phi) is 5.51. The van der Waals surface area contributed by atoms with Crippen molar-refractivity contribution >= 4 is 5.91 Å². The highest BCUT2D eigenvalue weighted by Crippen LogP contribution is 2.12. The van der Waals surface area contributed by atoms with E-state index in [0.29, 0.717) is 19.6 Å². The topological polar surface area (TPSA) is 56.2 Å². The fourth-order valence-corrected chi connectivity index (χ4v) is 2.09. The van der Waals surface area contributed by atoms with Gasteiger partial charge in [0.2, 0.25) is 5.91 Å². The summed E-state index contributed by atoms with van der Waals surface area (Å²) >= 11 is 0. The fourth-order valence-electron chi connectivity index (χ4n) is 2.09. The van der Waals surface area contributed by atoms with Gasteiger partial charge in [-0.2, -0.15) is 0 Å². The Morgan fingerprint density at radius 2 is 2.10 bits per heavy atom. The first-order chi connectivity index (χ1) is 10.2. The monoisotopic (exact) mass is 287 g/mol. The van der Waals surface area contributed by atoms with E-state index in [0.717, 1.165) is 23.5 Å². The van der Waals surface area contributed by atoms with E-state index in [2.05, 4.69) is 21.8 Å². The maximum absolute atomic E-state index is 11.5. The predicted octanol–water partition coefficient (Wildman–Crippen LogP) is 2.09. The van der Waals surface area contributed by atoms with Crippen molar-refractivity contribution < 1.29 is 9.53 Å². The van der Waals surface area contributed by atoms with Crippen LogP contribution in [0.25, 0.3) is 5.69 Å². The fraction of sp³-hybridized carbons (Fsp3) is 0.375. The van der Waals surface area contributed by atoms with Crippen LogP contribution < -0.4 is 5.32 Å². The van der Waals surface area contributed by atoms with Gasteiger partial charge in [0, 0.05) is 44.6 Å². The standard InChI is InChI=1S/C16H21N3O2/c1-3-15-17-9-10-19(15)14-6-4-13(5-7-14)12-18-16(20)8-11-21-2/h4-7,9-10H,3,8,11-12H2,1-2H3,(H,18,20). The lowest BCUT2D eigenvalue weighted by Crippen LogP contribution is -2.23. The second-order valence-electron chi connectivity index (χ2n) is 4.75. The van der Waals surface area contributed by atoms with Crippen molar-refractivity contribution in [2.75, 3.05) is 13.7 Å². The normalized spacial score (nSPS) is 10.6. The number of nitrogens with one attached hydrogen (secondary N) is 1. The summed E-state index contributed by atoms with van der Waals surface area (Å²) in [6, 6.07) is 8.12. The molecule has 5 nitrogen and oxygen atoms in total. The Hall–Kier alpha value is -2.14. The van der Waals surface area contributed by atoms with Crippen LogP contribution in [0.4, 0.5) is 0 Å². The van der Waals surface area contributed by atoms with Crippen LogP contribution in [0.2, 0.25) is 0 Å². The molecule has 1 heterocycles. The maximum atomic E-state index is 11.5. The van der Waals surface area contributed by atoms with Crippen molar-refractivity contribution in [3.05, 3.63) is 48.0 Å². The van der Waals surface area contributed by atoms with E-state index >= 15 is 0 Å². The van der Waals surface area contributed by atoms with Gasteiger partial charge in [0.05, 0.1) is 6.61 Å². The van der Waals surface area contributed by atoms with Gasteiger partial charge < -0.3 is 14.6 Å². The molecule has 112 valence electrons. The third kappa shape index (κ3) is 4.16. The lowest BCUT2D eigenvalue weighted by Gasteiger charge is -2.09. The number of carbonyl (C=O) groups excluding carboxylic acids is 1. The van der Waals surface area contributed by atoms with Gasteiger partial charge in [-0.1, -0.05) is 19.1 Å². The molecule has 0 aliphatic heterocycles. The number of benzene rings is 1. The minimum Gasteiger partial charge on any atom is -0.384 e. The van der Waals surface area contributed by atoms with Crippen LogP contribution in [0.1, 0.15) is 24.7 Å². The number of hydrogen-bond donors (Lipinski definition) is 1. The molecule has 0 fully saturated rings. The van der Waals surface area contributed by atoms with Gasteiger partial charge in [0.15, 0.2) is 0 Å². The smallest absolute Gasteiger partial charge is 0.222 e. The summed E-state index contributed by atoms with van der Waals surface area (Å²) in [6.45, 7) is 3.07. The summed E-state index contributed by atoms with van der Waals surface area (Å²) in [4.78, 5) is 15.8. The first-order valence-electron chi connectivity index (χ1n) is 7.11. The number of ether oxygens (including phenoxy) is 1. The van der Waals surface area contributed by atoms with Crippen molar-refractivity contribution in [3.8, 4) is 5.69 Å². The molecule has 5 heteroatoms. The van der Waals surface area contributed by atoms with Crippen LogP contribution in [0.5, 0.6) is 0 Å². The molecule has 0 saturated heterocycles. The molecule has 0 bridgehead atoms. The van der Waals surface area contributed by atoms with Gasteiger partial charge in [0.1, 0.15) is 5.82 Å². The number of amides is 1. The zero-order valence-corrected chi connectivity index (χ0v) is 12.5. The van der Waals surface area contributed by atoms with Crippen molar-refractivity contribution in [1.82, 2.24) is 14.9 Å². The quantitative estimate of drug-likeness (QED) is 0.848. The molecule has 0 saturated carbocycles. The van der Waals surface area contributed by atoms with Gasteiger partial charge in [-0.05, 0) is 17.7 Å². The molecule has 0 spiro atoms. The third-order valence-corrected chi connectivity index (χ3v) is 3.27. The van der Waals surface area contributed by atoms with Crippen LogP contribution in [-0.2, 0) is 22.5 Å². The van der Waals surface area contributed by atoms with E-state index in [9.17, 15) is 4.79 Å². The molecular formula is C16H21N3O2. The predicted molar refractivity (Wildman–Crippen MR) is 81.3 cm³/mol. The zero-order chi connectivity index (χ0) is 15.1. The molecule has 0 unspecified atom stereocenters. The van der Waals surface area contributed by atoms with Crippen LogP contribution >= 0.6 is 0 Å². The molecule has 2 rings (SSSR count). The Morgan fingerprint density at radius 3 is 2.76 bits per heavy atom. The van der Waals surface area contributed by atoms with Gasteiger partial charge in [-0.25, -0.2) is 4.98 Å². The molecule has 21 heavy (non-hydrogen) atoms. The average Bonchev–Trinajstić information content (AvgIpc) is 3.00. The SMILES string of the molecule is CCc1nccn1-c1ccc(CNC(=O)CCOC)cc1. The van der Waals surface area contributed by atoms with Gasteiger partial charge in [-0.3, -0.25) is 4.79 Å². The second-order valence-corrected chi connectivity index (χ2v) is 4.75. The first-order valence-corrected chi connectivity index (χ1v) is 7.11. The molecule has 1 aromatic heterocycles. The number of nitrogens with zero attached hydrogens (tertiary/aromatic N) is 2. The van der Waals surface area contributed by atoms with Crippen LogP contribution in [0, 0.1) is 0 Å². The van der Waals surface area contributed by atoms with E-state index in [4.69, 9.17) is 4.74 Å². The summed E-state index contributed by atoms with van der Waals surface area (Å²) in [6.07, 6.45) is 5.05.